The maximum atomic E-state index is 13.6. The Morgan fingerprint density at radius 2 is 1.62 bits per heavy atom. The van der Waals surface area contributed by atoms with Crippen LogP contribution in [0.3, 0.4) is 0 Å². The standard InChI is InChI=1S/C12H18F2N2/c1-7(2)8(3)12(16-15)11-9(13)5-4-6-10(11)14/h4-8,12,16H,15H2,1-3H3. The number of rotatable bonds is 4. The maximum Gasteiger partial charge on any atom is 0.130 e. The third-order valence-electron chi connectivity index (χ3n) is 3.07. The van der Waals surface area contributed by atoms with Gasteiger partial charge in [-0.1, -0.05) is 26.8 Å². The fourth-order valence-corrected chi connectivity index (χ4v) is 1.69. The van der Waals surface area contributed by atoms with Gasteiger partial charge in [0.05, 0.1) is 6.04 Å². The molecule has 1 aromatic rings. The Kier molecular flexibility index (Phi) is 4.38. The molecule has 0 amide bonds. The molecule has 0 aliphatic carbocycles. The van der Waals surface area contributed by atoms with E-state index in [1.54, 1.807) is 0 Å². The van der Waals surface area contributed by atoms with E-state index in [4.69, 9.17) is 5.84 Å². The summed E-state index contributed by atoms with van der Waals surface area (Å²) < 4.78 is 27.2. The molecule has 0 heterocycles. The first-order valence-electron chi connectivity index (χ1n) is 5.39. The van der Waals surface area contributed by atoms with Gasteiger partial charge in [0.15, 0.2) is 0 Å². The molecule has 3 N–H and O–H groups in total. The van der Waals surface area contributed by atoms with Gasteiger partial charge in [-0.2, -0.15) is 0 Å². The lowest BCUT2D eigenvalue weighted by atomic mass is 9.86. The molecule has 1 aromatic carbocycles. The van der Waals surface area contributed by atoms with Gasteiger partial charge in [-0.25, -0.2) is 8.78 Å². The molecule has 0 fully saturated rings. The highest BCUT2D eigenvalue weighted by atomic mass is 19.1. The summed E-state index contributed by atoms with van der Waals surface area (Å²) in [6.07, 6.45) is 0. The first kappa shape index (κ1) is 13.1. The number of nitrogens with one attached hydrogen (secondary N) is 1. The molecule has 1 rings (SSSR count). The van der Waals surface area contributed by atoms with E-state index in [0.717, 1.165) is 0 Å². The number of hydrogen-bond acceptors (Lipinski definition) is 2. The van der Waals surface area contributed by atoms with E-state index in [9.17, 15) is 8.78 Å². The predicted octanol–water partition coefficient (Wildman–Crippen LogP) is 2.76. The average molecular weight is 228 g/mol. The molecule has 16 heavy (non-hydrogen) atoms. The van der Waals surface area contributed by atoms with E-state index < -0.39 is 17.7 Å². The molecule has 0 spiro atoms. The highest BCUT2D eigenvalue weighted by Gasteiger charge is 2.26. The minimum atomic E-state index is -0.560. The Balaban J connectivity index is 3.13. The lowest BCUT2D eigenvalue weighted by Gasteiger charge is -2.27. The molecule has 0 saturated heterocycles. The van der Waals surface area contributed by atoms with Gasteiger partial charge in [-0.3, -0.25) is 11.3 Å². The van der Waals surface area contributed by atoms with Gasteiger partial charge < -0.3 is 0 Å². The van der Waals surface area contributed by atoms with Crippen LogP contribution in [0, 0.1) is 23.5 Å². The van der Waals surface area contributed by atoms with E-state index >= 15 is 0 Å². The van der Waals surface area contributed by atoms with Crippen molar-refractivity contribution in [2.24, 2.45) is 17.7 Å². The minimum Gasteiger partial charge on any atom is -0.271 e. The van der Waals surface area contributed by atoms with Crippen molar-refractivity contribution in [3.8, 4) is 0 Å². The predicted molar refractivity (Wildman–Crippen MR) is 60.4 cm³/mol. The summed E-state index contributed by atoms with van der Waals surface area (Å²) in [6.45, 7) is 5.91. The molecular formula is C12H18F2N2. The van der Waals surface area contributed by atoms with Crippen LogP contribution in [0.4, 0.5) is 8.78 Å². The molecule has 0 aliphatic heterocycles. The highest BCUT2D eigenvalue weighted by molar-refractivity contribution is 5.23. The second kappa shape index (κ2) is 5.37. The molecule has 4 heteroatoms. The summed E-state index contributed by atoms with van der Waals surface area (Å²) in [6, 6.07) is 3.33. The Labute approximate surface area is 94.8 Å². The van der Waals surface area contributed by atoms with Crippen LogP contribution < -0.4 is 11.3 Å². The zero-order valence-corrected chi connectivity index (χ0v) is 9.80. The van der Waals surface area contributed by atoms with Gasteiger partial charge in [0.2, 0.25) is 0 Å². The van der Waals surface area contributed by atoms with Crippen LogP contribution in [0.2, 0.25) is 0 Å². The minimum absolute atomic E-state index is 0.0196. The van der Waals surface area contributed by atoms with Crippen LogP contribution in [-0.2, 0) is 0 Å². The first-order valence-corrected chi connectivity index (χ1v) is 5.39. The van der Waals surface area contributed by atoms with Gasteiger partial charge in [0, 0.05) is 5.56 Å². The number of nitrogens with two attached hydrogens (primary N) is 1. The molecule has 2 atom stereocenters. The van der Waals surface area contributed by atoms with E-state index in [2.05, 4.69) is 5.43 Å². The number of halogens is 2. The molecule has 0 radical (unpaired) electrons. The van der Waals surface area contributed by atoms with Gasteiger partial charge >= 0.3 is 0 Å². The van der Waals surface area contributed by atoms with Crippen molar-refractivity contribution in [3.63, 3.8) is 0 Å². The number of hydrazine groups is 1. The Morgan fingerprint density at radius 1 is 1.12 bits per heavy atom. The van der Waals surface area contributed by atoms with Crippen LogP contribution >= 0.6 is 0 Å². The van der Waals surface area contributed by atoms with E-state index in [-0.39, 0.29) is 17.4 Å². The smallest absolute Gasteiger partial charge is 0.130 e. The molecule has 0 aliphatic rings. The number of benzene rings is 1. The van der Waals surface area contributed by atoms with Gasteiger partial charge in [0.1, 0.15) is 11.6 Å². The van der Waals surface area contributed by atoms with Crippen LogP contribution in [0.25, 0.3) is 0 Å². The SMILES string of the molecule is CC(C)C(C)C(NN)c1c(F)cccc1F. The van der Waals surface area contributed by atoms with E-state index in [1.807, 2.05) is 20.8 Å². The second-order valence-electron chi connectivity index (χ2n) is 4.38. The van der Waals surface area contributed by atoms with Crippen molar-refractivity contribution < 1.29 is 8.78 Å². The normalized spacial score (nSPS) is 15.2. The summed E-state index contributed by atoms with van der Waals surface area (Å²) in [7, 11) is 0. The highest BCUT2D eigenvalue weighted by Crippen LogP contribution is 2.30. The Bertz CT molecular complexity index is 333. The van der Waals surface area contributed by atoms with Gasteiger partial charge in [-0.15, -0.1) is 0 Å². The zero-order valence-electron chi connectivity index (χ0n) is 9.80. The first-order chi connectivity index (χ1) is 7.49. The third-order valence-corrected chi connectivity index (χ3v) is 3.07. The Morgan fingerprint density at radius 3 is 2.00 bits per heavy atom. The van der Waals surface area contributed by atoms with Crippen molar-refractivity contribution in [3.05, 3.63) is 35.4 Å². The van der Waals surface area contributed by atoms with E-state index in [1.165, 1.54) is 18.2 Å². The van der Waals surface area contributed by atoms with Crippen molar-refractivity contribution in [1.82, 2.24) is 5.43 Å². The van der Waals surface area contributed by atoms with Crippen molar-refractivity contribution in [1.29, 1.82) is 0 Å². The largest absolute Gasteiger partial charge is 0.271 e. The van der Waals surface area contributed by atoms with E-state index in [0.29, 0.717) is 0 Å². The number of hydrogen-bond donors (Lipinski definition) is 2. The Hall–Kier alpha value is -1.00. The maximum absolute atomic E-state index is 13.6. The quantitative estimate of drug-likeness (QED) is 0.614. The fourth-order valence-electron chi connectivity index (χ4n) is 1.69. The van der Waals surface area contributed by atoms with Crippen molar-refractivity contribution in [2.45, 2.75) is 26.8 Å². The molecule has 90 valence electrons. The van der Waals surface area contributed by atoms with Gasteiger partial charge in [0.25, 0.3) is 0 Å². The summed E-state index contributed by atoms with van der Waals surface area (Å²) in [4.78, 5) is 0. The van der Waals surface area contributed by atoms with Crippen molar-refractivity contribution >= 4 is 0 Å². The molecule has 0 bridgehead atoms. The van der Waals surface area contributed by atoms with Crippen LogP contribution in [0.5, 0.6) is 0 Å². The summed E-state index contributed by atoms with van der Waals surface area (Å²) in [5.74, 6) is 4.59. The lowest BCUT2D eigenvalue weighted by Crippen LogP contribution is -2.35. The van der Waals surface area contributed by atoms with Crippen molar-refractivity contribution in [2.75, 3.05) is 0 Å². The van der Waals surface area contributed by atoms with Crippen LogP contribution in [-0.4, -0.2) is 0 Å². The second-order valence-corrected chi connectivity index (χ2v) is 4.38. The molecular weight excluding hydrogens is 210 g/mol. The summed E-state index contributed by atoms with van der Waals surface area (Å²) >= 11 is 0. The molecule has 0 aromatic heterocycles. The fraction of sp³-hybridized carbons (Fsp3) is 0.500. The van der Waals surface area contributed by atoms with Crippen LogP contribution in [0.1, 0.15) is 32.4 Å². The monoisotopic (exact) mass is 228 g/mol. The van der Waals surface area contributed by atoms with Gasteiger partial charge in [-0.05, 0) is 24.0 Å². The summed E-state index contributed by atoms with van der Waals surface area (Å²) in [5.41, 5.74) is 2.52. The zero-order chi connectivity index (χ0) is 12.3. The third kappa shape index (κ3) is 2.57. The summed E-state index contributed by atoms with van der Waals surface area (Å²) in [5, 5.41) is 0. The molecule has 0 saturated carbocycles. The van der Waals surface area contributed by atoms with Crippen LogP contribution in [0.15, 0.2) is 18.2 Å². The molecule has 2 unspecified atom stereocenters. The lowest BCUT2D eigenvalue weighted by molar-refractivity contribution is 0.292. The molecule has 2 nitrogen and oxygen atoms in total. The topological polar surface area (TPSA) is 38.0 Å². The average Bonchev–Trinajstić information content (AvgIpc) is 2.22.